The largest absolute Gasteiger partial charge is 0.437 e. The number of aryl methyl sites for hydroxylation is 2. The maximum atomic E-state index is 8.89. The highest BCUT2D eigenvalue weighted by molar-refractivity contribution is 5.60. The van der Waals surface area contributed by atoms with E-state index in [0.29, 0.717) is 11.3 Å². The van der Waals surface area contributed by atoms with Crippen LogP contribution in [0.15, 0.2) is 30.5 Å². The van der Waals surface area contributed by atoms with Crippen molar-refractivity contribution in [2.75, 3.05) is 5.73 Å². The SMILES string of the molecule is Cc1ccc(Oc2nccc(C#N)c2N)c(C)c1. The van der Waals surface area contributed by atoms with Gasteiger partial charge in [0.1, 0.15) is 17.5 Å². The van der Waals surface area contributed by atoms with Gasteiger partial charge in [-0.2, -0.15) is 5.26 Å². The highest BCUT2D eigenvalue weighted by Crippen LogP contribution is 2.29. The van der Waals surface area contributed by atoms with Crippen molar-refractivity contribution < 1.29 is 4.74 Å². The number of rotatable bonds is 2. The lowest BCUT2D eigenvalue weighted by atomic mass is 10.1. The number of hydrogen-bond donors (Lipinski definition) is 1. The fourth-order valence-corrected chi connectivity index (χ4v) is 1.65. The second kappa shape index (κ2) is 4.76. The van der Waals surface area contributed by atoms with Crippen LogP contribution in [-0.4, -0.2) is 4.98 Å². The van der Waals surface area contributed by atoms with E-state index >= 15 is 0 Å². The van der Waals surface area contributed by atoms with Crippen LogP contribution in [0.25, 0.3) is 0 Å². The molecule has 0 saturated carbocycles. The molecule has 0 amide bonds. The number of nitrogen functional groups attached to an aromatic ring is 1. The molecule has 0 aliphatic heterocycles. The Labute approximate surface area is 106 Å². The molecule has 0 aliphatic rings. The van der Waals surface area contributed by atoms with Crippen molar-refractivity contribution in [3.05, 3.63) is 47.2 Å². The van der Waals surface area contributed by atoms with Crippen LogP contribution < -0.4 is 10.5 Å². The number of nitrogens with two attached hydrogens (primary N) is 1. The highest BCUT2D eigenvalue weighted by Gasteiger charge is 2.09. The summed E-state index contributed by atoms with van der Waals surface area (Å²) < 4.78 is 5.65. The summed E-state index contributed by atoms with van der Waals surface area (Å²) >= 11 is 0. The second-order valence-electron chi connectivity index (χ2n) is 4.06. The van der Waals surface area contributed by atoms with E-state index < -0.39 is 0 Å². The molecule has 2 N–H and O–H groups in total. The van der Waals surface area contributed by atoms with Crippen LogP contribution in [-0.2, 0) is 0 Å². The first kappa shape index (κ1) is 11.9. The fraction of sp³-hybridized carbons (Fsp3) is 0.143. The number of aromatic nitrogens is 1. The summed E-state index contributed by atoms with van der Waals surface area (Å²) in [6.07, 6.45) is 1.51. The number of ether oxygens (including phenoxy) is 1. The van der Waals surface area contributed by atoms with Gasteiger partial charge in [0, 0.05) is 6.20 Å². The maximum absolute atomic E-state index is 8.89. The van der Waals surface area contributed by atoms with Crippen molar-refractivity contribution in [2.24, 2.45) is 0 Å². The Kier molecular flexibility index (Phi) is 3.16. The molecular formula is C14H13N3O. The summed E-state index contributed by atoms with van der Waals surface area (Å²) in [5.41, 5.74) is 8.60. The Bertz CT molecular complexity index is 629. The van der Waals surface area contributed by atoms with E-state index in [9.17, 15) is 0 Å². The summed E-state index contributed by atoms with van der Waals surface area (Å²) in [6, 6.07) is 9.39. The van der Waals surface area contributed by atoms with E-state index in [4.69, 9.17) is 15.7 Å². The molecule has 0 fully saturated rings. The van der Waals surface area contributed by atoms with E-state index in [1.807, 2.05) is 38.1 Å². The second-order valence-corrected chi connectivity index (χ2v) is 4.06. The van der Waals surface area contributed by atoms with Crippen LogP contribution in [0.3, 0.4) is 0 Å². The van der Waals surface area contributed by atoms with Gasteiger partial charge < -0.3 is 10.5 Å². The molecule has 0 spiro atoms. The molecular weight excluding hydrogens is 226 g/mol. The fourth-order valence-electron chi connectivity index (χ4n) is 1.65. The molecule has 0 saturated heterocycles. The summed E-state index contributed by atoms with van der Waals surface area (Å²) in [7, 11) is 0. The third-order valence-corrected chi connectivity index (χ3v) is 2.61. The van der Waals surface area contributed by atoms with E-state index in [1.165, 1.54) is 6.20 Å². The smallest absolute Gasteiger partial charge is 0.244 e. The van der Waals surface area contributed by atoms with Gasteiger partial charge in [-0.3, -0.25) is 0 Å². The zero-order valence-electron chi connectivity index (χ0n) is 10.3. The van der Waals surface area contributed by atoms with Gasteiger partial charge in [0.2, 0.25) is 5.88 Å². The standard InChI is InChI=1S/C14H13N3O/c1-9-3-4-12(10(2)7-9)18-14-13(16)11(8-15)5-6-17-14/h3-7H,16H2,1-2H3. The predicted octanol–water partition coefficient (Wildman–Crippen LogP) is 2.94. The molecule has 0 unspecified atom stereocenters. The molecule has 90 valence electrons. The van der Waals surface area contributed by atoms with Crippen molar-refractivity contribution in [2.45, 2.75) is 13.8 Å². The molecule has 0 atom stereocenters. The summed E-state index contributed by atoms with van der Waals surface area (Å²) in [4.78, 5) is 4.05. The quantitative estimate of drug-likeness (QED) is 0.874. The number of pyridine rings is 1. The molecule has 1 aromatic heterocycles. The van der Waals surface area contributed by atoms with Crippen molar-refractivity contribution in [3.8, 4) is 17.7 Å². The van der Waals surface area contributed by atoms with Gasteiger partial charge in [-0.1, -0.05) is 17.7 Å². The lowest BCUT2D eigenvalue weighted by Gasteiger charge is -2.10. The van der Waals surface area contributed by atoms with Crippen molar-refractivity contribution in [3.63, 3.8) is 0 Å². The van der Waals surface area contributed by atoms with Crippen molar-refractivity contribution in [1.82, 2.24) is 4.98 Å². The highest BCUT2D eigenvalue weighted by atomic mass is 16.5. The zero-order valence-corrected chi connectivity index (χ0v) is 10.3. The number of benzene rings is 1. The molecule has 4 heteroatoms. The molecule has 4 nitrogen and oxygen atoms in total. The third kappa shape index (κ3) is 2.25. The molecule has 0 radical (unpaired) electrons. The Morgan fingerprint density at radius 3 is 2.72 bits per heavy atom. The van der Waals surface area contributed by atoms with Gasteiger partial charge >= 0.3 is 0 Å². The minimum Gasteiger partial charge on any atom is -0.437 e. The average Bonchev–Trinajstić information content (AvgIpc) is 2.35. The number of hydrogen-bond acceptors (Lipinski definition) is 4. The summed E-state index contributed by atoms with van der Waals surface area (Å²) in [5, 5.41) is 8.89. The lowest BCUT2D eigenvalue weighted by Crippen LogP contribution is -1.98. The molecule has 1 heterocycles. The van der Waals surface area contributed by atoms with Gasteiger partial charge in [-0.25, -0.2) is 4.98 Å². The van der Waals surface area contributed by atoms with E-state index in [2.05, 4.69) is 4.98 Å². The number of nitriles is 1. The maximum Gasteiger partial charge on any atom is 0.244 e. The monoisotopic (exact) mass is 239 g/mol. The van der Waals surface area contributed by atoms with E-state index in [-0.39, 0.29) is 11.6 Å². The molecule has 2 aromatic rings. The van der Waals surface area contributed by atoms with Crippen LogP contribution in [0, 0.1) is 25.2 Å². The van der Waals surface area contributed by atoms with E-state index in [1.54, 1.807) is 6.07 Å². The zero-order chi connectivity index (χ0) is 13.1. The van der Waals surface area contributed by atoms with Crippen molar-refractivity contribution in [1.29, 1.82) is 5.26 Å². The topological polar surface area (TPSA) is 71.9 Å². The minimum atomic E-state index is 0.264. The number of anilines is 1. The van der Waals surface area contributed by atoms with Gasteiger partial charge in [0.05, 0.1) is 5.56 Å². The van der Waals surface area contributed by atoms with E-state index in [0.717, 1.165) is 11.1 Å². The minimum absolute atomic E-state index is 0.264. The van der Waals surface area contributed by atoms with Gasteiger partial charge in [0.25, 0.3) is 0 Å². The molecule has 18 heavy (non-hydrogen) atoms. The number of nitrogens with zero attached hydrogens (tertiary/aromatic N) is 2. The first-order valence-electron chi connectivity index (χ1n) is 5.51. The summed E-state index contributed by atoms with van der Waals surface area (Å²) in [6.45, 7) is 3.96. The molecule has 1 aromatic carbocycles. The van der Waals surface area contributed by atoms with Crippen LogP contribution in [0.1, 0.15) is 16.7 Å². The van der Waals surface area contributed by atoms with Gasteiger partial charge in [-0.05, 0) is 31.5 Å². The molecule has 0 bridgehead atoms. The Balaban J connectivity index is 2.38. The predicted molar refractivity (Wildman–Crippen MR) is 69.4 cm³/mol. The normalized spacial score (nSPS) is 9.83. The van der Waals surface area contributed by atoms with Crippen LogP contribution in [0.4, 0.5) is 5.69 Å². The van der Waals surface area contributed by atoms with Crippen LogP contribution in [0.5, 0.6) is 11.6 Å². The van der Waals surface area contributed by atoms with Gasteiger partial charge in [-0.15, -0.1) is 0 Å². The molecule has 2 rings (SSSR count). The Morgan fingerprint density at radius 1 is 1.28 bits per heavy atom. The lowest BCUT2D eigenvalue weighted by molar-refractivity contribution is 0.462. The first-order chi connectivity index (χ1) is 8.61. The third-order valence-electron chi connectivity index (χ3n) is 2.61. The first-order valence-corrected chi connectivity index (χ1v) is 5.51. The van der Waals surface area contributed by atoms with Crippen LogP contribution in [0.2, 0.25) is 0 Å². The van der Waals surface area contributed by atoms with Gasteiger partial charge in [0.15, 0.2) is 0 Å². The summed E-state index contributed by atoms with van der Waals surface area (Å²) in [5.74, 6) is 0.955. The Hall–Kier alpha value is -2.54. The Morgan fingerprint density at radius 2 is 2.06 bits per heavy atom. The average molecular weight is 239 g/mol. The van der Waals surface area contributed by atoms with Crippen molar-refractivity contribution >= 4 is 5.69 Å². The molecule has 0 aliphatic carbocycles. The van der Waals surface area contributed by atoms with Crippen LogP contribution >= 0.6 is 0 Å².